The van der Waals surface area contributed by atoms with E-state index in [1.165, 1.54) is 0 Å². The third kappa shape index (κ3) is 3.63. The van der Waals surface area contributed by atoms with Gasteiger partial charge in [-0.15, -0.1) is 0 Å². The van der Waals surface area contributed by atoms with Gasteiger partial charge in [0.15, 0.2) is 0 Å². The van der Waals surface area contributed by atoms with E-state index in [0.717, 1.165) is 33.2 Å². The van der Waals surface area contributed by atoms with Gasteiger partial charge in [0.1, 0.15) is 5.76 Å². The number of furan rings is 1. The van der Waals surface area contributed by atoms with Gasteiger partial charge < -0.3 is 9.73 Å². The first-order valence-electron chi connectivity index (χ1n) is 6.04. The van der Waals surface area contributed by atoms with E-state index < -0.39 is 0 Å². The molecule has 1 aromatic heterocycles. The fourth-order valence-corrected chi connectivity index (χ4v) is 2.72. The van der Waals surface area contributed by atoms with E-state index in [0.29, 0.717) is 5.02 Å². The van der Waals surface area contributed by atoms with Crippen LogP contribution >= 0.6 is 43.5 Å². The third-order valence-corrected chi connectivity index (χ3v) is 4.67. The van der Waals surface area contributed by atoms with E-state index in [1.807, 2.05) is 24.3 Å². The number of hydrogen-bond donors (Lipinski definition) is 1. The van der Waals surface area contributed by atoms with Crippen molar-refractivity contribution in [2.75, 3.05) is 6.54 Å². The van der Waals surface area contributed by atoms with Crippen molar-refractivity contribution >= 4 is 43.5 Å². The Labute approximate surface area is 134 Å². The van der Waals surface area contributed by atoms with Gasteiger partial charge in [-0.05, 0) is 68.6 Å². The standard InChI is InChI=1S/C14H14Br2ClNO/c1-2-6-18-13(14-11(16)5-7-19-14)9-3-4-10(15)12(17)8-9/h3-5,7-8,13,18H,2,6H2,1H3. The second-order valence-electron chi connectivity index (χ2n) is 4.19. The average Bonchev–Trinajstić information content (AvgIpc) is 2.80. The van der Waals surface area contributed by atoms with Crippen molar-refractivity contribution in [2.45, 2.75) is 19.4 Å². The molecule has 0 bridgehead atoms. The van der Waals surface area contributed by atoms with Gasteiger partial charge in [0.25, 0.3) is 0 Å². The van der Waals surface area contributed by atoms with Gasteiger partial charge in [-0.2, -0.15) is 0 Å². The van der Waals surface area contributed by atoms with Crippen LogP contribution in [0.15, 0.2) is 43.9 Å². The highest BCUT2D eigenvalue weighted by Crippen LogP contribution is 2.32. The van der Waals surface area contributed by atoms with Crippen LogP contribution in [0.3, 0.4) is 0 Å². The molecule has 0 radical (unpaired) electrons. The number of nitrogens with one attached hydrogen (secondary N) is 1. The van der Waals surface area contributed by atoms with Gasteiger partial charge in [0.05, 0.1) is 21.8 Å². The molecular weight excluding hydrogens is 393 g/mol. The highest BCUT2D eigenvalue weighted by molar-refractivity contribution is 9.10. The number of rotatable bonds is 5. The predicted octanol–water partition coefficient (Wildman–Crippen LogP) is 5.55. The van der Waals surface area contributed by atoms with Crippen molar-refractivity contribution < 1.29 is 4.42 Å². The molecule has 2 rings (SSSR count). The fourth-order valence-electron chi connectivity index (χ4n) is 1.85. The van der Waals surface area contributed by atoms with Crippen LogP contribution in [0.4, 0.5) is 0 Å². The molecule has 2 nitrogen and oxygen atoms in total. The Bertz CT molecular complexity index is 556. The lowest BCUT2D eigenvalue weighted by molar-refractivity contribution is 0.444. The SMILES string of the molecule is CCCNC(c1ccc(Br)c(Cl)c1)c1occc1Br. The van der Waals surface area contributed by atoms with Crippen LogP contribution in [0.25, 0.3) is 0 Å². The van der Waals surface area contributed by atoms with E-state index in [1.54, 1.807) is 6.26 Å². The van der Waals surface area contributed by atoms with Crippen LogP contribution < -0.4 is 5.32 Å². The van der Waals surface area contributed by atoms with Gasteiger partial charge in [0.2, 0.25) is 0 Å². The molecule has 1 unspecified atom stereocenters. The Morgan fingerprint density at radius 2 is 2.05 bits per heavy atom. The first kappa shape index (κ1) is 15.1. The molecule has 1 atom stereocenters. The quantitative estimate of drug-likeness (QED) is 0.703. The molecule has 0 aliphatic heterocycles. The summed E-state index contributed by atoms with van der Waals surface area (Å²) < 4.78 is 7.44. The highest BCUT2D eigenvalue weighted by Gasteiger charge is 2.20. The van der Waals surface area contributed by atoms with E-state index in [2.05, 4.69) is 44.1 Å². The van der Waals surface area contributed by atoms with E-state index in [4.69, 9.17) is 16.0 Å². The molecule has 1 aromatic carbocycles. The van der Waals surface area contributed by atoms with Crippen LogP contribution in [0.1, 0.15) is 30.7 Å². The summed E-state index contributed by atoms with van der Waals surface area (Å²) in [5.41, 5.74) is 1.08. The summed E-state index contributed by atoms with van der Waals surface area (Å²) in [6.07, 6.45) is 2.74. The van der Waals surface area contributed by atoms with Gasteiger partial charge in [-0.3, -0.25) is 0 Å². The number of halogens is 3. The zero-order valence-corrected chi connectivity index (χ0v) is 14.3. The van der Waals surface area contributed by atoms with Crippen molar-refractivity contribution in [2.24, 2.45) is 0 Å². The summed E-state index contributed by atoms with van der Waals surface area (Å²) in [5.74, 6) is 0.867. The molecule has 1 heterocycles. The molecule has 0 spiro atoms. The van der Waals surface area contributed by atoms with E-state index in [-0.39, 0.29) is 6.04 Å². The molecule has 0 saturated carbocycles. The van der Waals surface area contributed by atoms with Crippen LogP contribution in [0.5, 0.6) is 0 Å². The van der Waals surface area contributed by atoms with Crippen molar-refractivity contribution in [1.29, 1.82) is 0 Å². The molecule has 0 aliphatic rings. The van der Waals surface area contributed by atoms with E-state index in [9.17, 15) is 0 Å². The molecule has 2 aromatic rings. The Kier molecular flexibility index (Phi) is 5.51. The number of hydrogen-bond acceptors (Lipinski definition) is 2. The van der Waals surface area contributed by atoms with Gasteiger partial charge in [0, 0.05) is 4.47 Å². The topological polar surface area (TPSA) is 25.2 Å². The van der Waals surface area contributed by atoms with Gasteiger partial charge in [-0.1, -0.05) is 24.6 Å². The molecule has 1 N–H and O–H groups in total. The second kappa shape index (κ2) is 6.93. The van der Waals surface area contributed by atoms with Crippen molar-refractivity contribution in [1.82, 2.24) is 5.32 Å². The largest absolute Gasteiger partial charge is 0.466 e. The molecule has 0 fully saturated rings. The van der Waals surface area contributed by atoms with E-state index >= 15 is 0 Å². The zero-order valence-electron chi connectivity index (χ0n) is 10.4. The maximum absolute atomic E-state index is 6.18. The molecule has 0 saturated heterocycles. The lowest BCUT2D eigenvalue weighted by Crippen LogP contribution is -2.23. The first-order valence-corrected chi connectivity index (χ1v) is 8.01. The minimum Gasteiger partial charge on any atom is -0.466 e. The lowest BCUT2D eigenvalue weighted by Gasteiger charge is -2.18. The minimum absolute atomic E-state index is 0.00470. The monoisotopic (exact) mass is 405 g/mol. The molecule has 5 heteroatoms. The van der Waals surface area contributed by atoms with Crippen LogP contribution in [-0.2, 0) is 0 Å². The Morgan fingerprint density at radius 3 is 2.63 bits per heavy atom. The first-order chi connectivity index (χ1) is 9.13. The molecular formula is C14H14Br2ClNO. The normalized spacial score (nSPS) is 12.6. The second-order valence-corrected chi connectivity index (χ2v) is 6.31. The van der Waals surface area contributed by atoms with Crippen LogP contribution in [-0.4, -0.2) is 6.54 Å². The summed E-state index contributed by atoms with van der Waals surface area (Å²) in [4.78, 5) is 0. The fraction of sp³-hybridized carbons (Fsp3) is 0.286. The maximum atomic E-state index is 6.18. The third-order valence-electron chi connectivity index (χ3n) is 2.78. The zero-order chi connectivity index (χ0) is 13.8. The smallest absolute Gasteiger partial charge is 0.139 e. The van der Waals surface area contributed by atoms with Gasteiger partial charge >= 0.3 is 0 Å². The maximum Gasteiger partial charge on any atom is 0.139 e. The number of benzene rings is 1. The summed E-state index contributed by atoms with van der Waals surface area (Å²) in [6.45, 7) is 3.04. The molecule has 19 heavy (non-hydrogen) atoms. The molecule has 0 amide bonds. The van der Waals surface area contributed by atoms with Crippen molar-refractivity contribution in [3.63, 3.8) is 0 Å². The van der Waals surface area contributed by atoms with Gasteiger partial charge in [-0.25, -0.2) is 0 Å². The summed E-state index contributed by atoms with van der Waals surface area (Å²) in [5, 5.41) is 4.18. The van der Waals surface area contributed by atoms with Crippen LogP contribution in [0, 0.1) is 0 Å². The highest BCUT2D eigenvalue weighted by atomic mass is 79.9. The lowest BCUT2D eigenvalue weighted by atomic mass is 10.0. The molecule has 0 aliphatic carbocycles. The molecule has 102 valence electrons. The van der Waals surface area contributed by atoms with Crippen molar-refractivity contribution in [3.8, 4) is 0 Å². The Balaban J connectivity index is 2.37. The average molecular weight is 408 g/mol. The van der Waals surface area contributed by atoms with Crippen molar-refractivity contribution in [3.05, 3.63) is 55.8 Å². The van der Waals surface area contributed by atoms with Crippen LogP contribution in [0.2, 0.25) is 5.02 Å². The predicted molar refractivity (Wildman–Crippen MR) is 85.7 cm³/mol. The Morgan fingerprint density at radius 1 is 1.26 bits per heavy atom. The summed E-state index contributed by atoms with van der Waals surface area (Å²) >= 11 is 13.1. The summed E-state index contributed by atoms with van der Waals surface area (Å²) in [7, 11) is 0. The summed E-state index contributed by atoms with van der Waals surface area (Å²) in [6, 6.07) is 7.84. The Hall–Kier alpha value is -0.290. The minimum atomic E-state index is -0.00470.